The van der Waals surface area contributed by atoms with Crippen molar-refractivity contribution in [1.82, 2.24) is 5.32 Å². The fraction of sp³-hybridized carbons (Fsp3) is 0.375. The van der Waals surface area contributed by atoms with E-state index in [2.05, 4.69) is 51.7 Å². The van der Waals surface area contributed by atoms with Gasteiger partial charge in [0.05, 0.1) is 6.61 Å². The molecule has 20 heavy (non-hydrogen) atoms. The van der Waals surface area contributed by atoms with Gasteiger partial charge in [0.25, 0.3) is 0 Å². The predicted molar refractivity (Wildman–Crippen MR) is 89.8 cm³/mol. The topological polar surface area (TPSA) is 21.3 Å². The molecule has 0 amide bonds. The summed E-state index contributed by atoms with van der Waals surface area (Å²) in [6.45, 7) is 5.81. The highest BCUT2D eigenvalue weighted by Crippen LogP contribution is 2.29. The number of hydrogen-bond acceptors (Lipinski definition) is 3. The second-order valence-electron chi connectivity index (χ2n) is 4.51. The van der Waals surface area contributed by atoms with E-state index >= 15 is 0 Å². The quantitative estimate of drug-likeness (QED) is 0.771. The van der Waals surface area contributed by atoms with E-state index in [1.807, 2.05) is 19.1 Å². The molecule has 2 aromatic rings. The molecule has 1 aromatic carbocycles. The van der Waals surface area contributed by atoms with Crippen molar-refractivity contribution >= 4 is 27.3 Å². The average molecular weight is 354 g/mol. The maximum atomic E-state index is 5.50. The molecule has 1 heterocycles. The van der Waals surface area contributed by atoms with Crippen LogP contribution < -0.4 is 10.1 Å². The summed E-state index contributed by atoms with van der Waals surface area (Å²) in [4.78, 5) is 1.38. The normalized spacial score (nSPS) is 12.3. The van der Waals surface area contributed by atoms with Gasteiger partial charge in [-0.05, 0) is 58.5 Å². The third-order valence-corrected chi connectivity index (χ3v) is 5.07. The van der Waals surface area contributed by atoms with E-state index < -0.39 is 0 Å². The van der Waals surface area contributed by atoms with E-state index in [0.717, 1.165) is 18.7 Å². The molecular weight excluding hydrogens is 334 g/mol. The van der Waals surface area contributed by atoms with Crippen LogP contribution in [0.25, 0.3) is 0 Å². The average Bonchev–Trinajstić information content (AvgIpc) is 2.85. The minimum Gasteiger partial charge on any atom is -0.494 e. The largest absolute Gasteiger partial charge is 0.494 e. The Morgan fingerprint density at radius 3 is 2.50 bits per heavy atom. The molecule has 1 atom stereocenters. The van der Waals surface area contributed by atoms with Gasteiger partial charge in [-0.1, -0.05) is 19.1 Å². The lowest BCUT2D eigenvalue weighted by Crippen LogP contribution is -2.22. The zero-order valence-electron chi connectivity index (χ0n) is 11.9. The summed E-state index contributed by atoms with van der Waals surface area (Å²) in [5.41, 5.74) is 1.30. The van der Waals surface area contributed by atoms with Gasteiger partial charge in [-0.25, -0.2) is 0 Å². The maximum Gasteiger partial charge on any atom is 0.119 e. The number of likely N-dealkylation sites (N-methyl/N-ethyl adjacent to an activating group) is 1. The molecule has 108 valence electrons. The molecule has 1 unspecified atom stereocenters. The minimum absolute atomic E-state index is 0.339. The van der Waals surface area contributed by atoms with Crippen molar-refractivity contribution in [2.24, 2.45) is 0 Å². The SMILES string of the molecule is CCNC(Cc1sccc1Br)c1ccc(OCC)cc1. The number of nitrogens with one attached hydrogen (secondary N) is 1. The molecule has 0 radical (unpaired) electrons. The molecular formula is C16H20BrNOS. The fourth-order valence-corrected chi connectivity index (χ4v) is 3.73. The first-order valence-electron chi connectivity index (χ1n) is 6.92. The number of benzene rings is 1. The van der Waals surface area contributed by atoms with Gasteiger partial charge in [0, 0.05) is 21.8 Å². The standard InChI is InChI=1S/C16H20BrNOS/c1-3-18-15(11-16-14(17)9-10-20-16)12-5-7-13(8-6-12)19-4-2/h5-10,15,18H,3-4,11H2,1-2H3. The zero-order valence-corrected chi connectivity index (χ0v) is 14.3. The van der Waals surface area contributed by atoms with Gasteiger partial charge >= 0.3 is 0 Å². The minimum atomic E-state index is 0.339. The van der Waals surface area contributed by atoms with Gasteiger partial charge in [-0.15, -0.1) is 11.3 Å². The highest BCUT2D eigenvalue weighted by Gasteiger charge is 2.14. The van der Waals surface area contributed by atoms with Crippen LogP contribution in [0.15, 0.2) is 40.2 Å². The van der Waals surface area contributed by atoms with Gasteiger partial charge in [-0.3, -0.25) is 0 Å². The van der Waals surface area contributed by atoms with E-state index in [1.165, 1.54) is 14.9 Å². The third kappa shape index (κ3) is 4.08. The van der Waals surface area contributed by atoms with Crippen molar-refractivity contribution in [3.05, 3.63) is 50.6 Å². The molecule has 1 N–H and O–H groups in total. The van der Waals surface area contributed by atoms with Crippen molar-refractivity contribution in [3.8, 4) is 5.75 Å². The Bertz CT molecular complexity index is 524. The summed E-state index contributed by atoms with van der Waals surface area (Å²) >= 11 is 5.41. The first-order valence-corrected chi connectivity index (χ1v) is 8.59. The van der Waals surface area contributed by atoms with Crippen LogP contribution in [0.4, 0.5) is 0 Å². The number of thiophene rings is 1. The molecule has 2 nitrogen and oxygen atoms in total. The monoisotopic (exact) mass is 353 g/mol. The van der Waals surface area contributed by atoms with Gasteiger partial charge in [-0.2, -0.15) is 0 Å². The Kier molecular flexibility index (Phi) is 6.07. The first kappa shape index (κ1) is 15.5. The lowest BCUT2D eigenvalue weighted by Gasteiger charge is -2.18. The van der Waals surface area contributed by atoms with Crippen LogP contribution in [-0.2, 0) is 6.42 Å². The van der Waals surface area contributed by atoms with E-state index in [0.29, 0.717) is 12.6 Å². The fourth-order valence-electron chi connectivity index (χ4n) is 2.17. The number of halogens is 1. The van der Waals surface area contributed by atoms with Gasteiger partial charge in [0.1, 0.15) is 5.75 Å². The van der Waals surface area contributed by atoms with Crippen LogP contribution in [0, 0.1) is 0 Å². The second-order valence-corrected chi connectivity index (χ2v) is 6.36. The molecule has 0 aliphatic heterocycles. The summed E-state index contributed by atoms with van der Waals surface area (Å²) in [5.74, 6) is 0.934. The van der Waals surface area contributed by atoms with E-state index in [1.54, 1.807) is 11.3 Å². The van der Waals surface area contributed by atoms with Crippen LogP contribution >= 0.6 is 27.3 Å². The zero-order chi connectivity index (χ0) is 14.4. The molecule has 0 aliphatic carbocycles. The van der Waals surface area contributed by atoms with Gasteiger partial charge < -0.3 is 10.1 Å². The summed E-state index contributed by atoms with van der Waals surface area (Å²) in [7, 11) is 0. The molecule has 0 aliphatic rings. The Morgan fingerprint density at radius 1 is 1.20 bits per heavy atom. The molecule has 0 saturated heterocycles. The highest BCUT2D eigenvalue weighted by atomic mass is 79.9. The predicted octanol–water partition coefficient (Wildman–Crippen LogP) is 4.80. The van der Waals surface area contributed by atoms with Crippen LogP contribution in [-0.4, -0.2) is 13.2 Å². The molecule has 0 spiro atoms. The highest BCUT2D eigenvalue weighted by molar-refractivity contribution is 9.10. The first-order chi connectivity index (χ1) is 9.74. The Morgan fingerprint density at radius 2 is 1.95 bits per heavy atom. The number of rotatable bonds is 7. The molecule has 0 saturated carbocycles. The van der Waals surface area contributed by atoms with Crippen molar-refractivity contribution in [3.63, 3.8) is 0 Å². The van der Waals surface area contributed by atoms with E-state index in [-0.39, 0.29) is 0 Å². The molecule has 0 bridgehead atoms. The Labute approximate surface area is 133 Å². The van der Waals surface area contributed by atoms with Crippen molar-refractivity contribution in [1.29, 1.82) is 0 Å². The van der Waals surface area contributed by atoms with E-state index in [4.69, 9.17) is 4.74 Å². The summed E-state index contributed by atoms with van der Waals surface area (Å²) < 4.78 is 6.70. The molecule has 4 heteroatoms. The lowest BCUT2D eigenvalue weighted by atomic mass is 10.0. The van der Waals surface area contributed by atoms with Crippen LogP contribution in [0.1, 0.15) is 30.3 Å². The third-order valence-electron chi connectivity index (χ3n) is 3.12. The Balaban J connectivity index is 2.13. The lowest BCUT2D eigenvalue weighted by molar-refractivity contribution is 0.340. The maximum absolute atomic E-state index is 5.50. The van der Waals surface area contributed by atoms with Gasteiger partial charge in [0.15, 0.2) is 0 Å². The molecule has 1 aromatic heterocycles. The smallest absolute Gasteiger partial charge is 0.119 e. The molecule has 2 rings (SSSR count). The van der Waals surface area contributed by atoms with Crippen LogP contribution in [0.3, 0.4) is 0 Å². The van der Waals surface area contributed by atoms with Crippen molar-refractivity contribution in [2.45, 2.75) is 26.3 Å². The number of ether oxygens (including phenoxy) is 1. The summed E-state index contributed by atoms with van der Waals surface area (Å²) in [6.07, 6.45) is 1.00. The van der Waals surface area contributed by atoms with Gasteiger partial charge in [0.2, 0.25) is 0 Å². The Hall–Kier alpha value is -0.840. The van der Waals surface area contributed by atoms with E-state index in [9.17, 15) is 0 Å². The summed E-state index contributed by atoms with van der Waals surface area (Å²) in [6, 6.07) is 10.9. The van der Waals surface area contributed by atoms with Crippen molar-refractivity contribution < 1.29 is 4.74 Å². The van der Waals surface area contributed by atoms with Crippen LogP contribution in [0.2, 0.25) is 0 Å². The second kappa shape index (κ2) is 7.81. The number of hydrogen-bond donors (Lipinski definition) is 1. The van der Waals surface area contributed by atoms with Crippen molar-refractivity contribution in [2.75, 3.05) is 13.2 Å². The summed E-state index contributed by atoms with van der Waals surface area (Å²) in [5, 5.41) is 5.69. The molecule has 0 fully saturated rings. The van der Waals surface area contributed by atoms with Crippen LogP contribution in [0.5, 0.6) is 5.75 Å².